The molecule has 0 heterocycles. The summed E-state index contributed by atoms with van der Waals surface area (Å²) in [6.45, 7) is 0. The van der Waals surface area contributed by atoms with Crippen LogP contribution in [0.25, 0.3) is 77.2 Å². The molecule has 15 rings (SSSR count). The van der Waals surface area contributed by atoms with E-state index in [1.54, 1.807) is 0 Å². The summed E-state index contributed by atoms with van der Waals surface area (Å²) in [6, 6.07) is 114. The largest absolute Gasteiger partial charge is 0.310 e. The van der Waals surface area contributed by atoms with E-state index in [9.17, 15) is 0 Å². The first-order valence-corrected chi connectivity index (χ1v) is 28.9. The maximum atomic E-state index is 2.50. The van der Waals surface area contributed by atoms with Gasteiger partial charge in [0.25, 0.3) is 0 Å². The van der Waals surface area contributed by atoms with Crippen molar-refractivity contribution in [2.24, 2.45) is 0 Å². The zero-order valence-electron chi connectivity index (χ0n) is 46.0. The zero-order valence-corrected chi connectivity index (χ0v) is 46.0. The molecule has 2 heteroatoms. The van der Waals surface area contributed by atoms with E-state index >= 15 is 0 Å². The smallest absolute Gasteiger partial charge is 0.0711 e. The molecule has 0 N–H and O–H groups in total. The number of rotatable bonds is 12. The standard InChI is InChI=1S/C81H58N2/c1-5-20-64(21-6-1)77-54-66-23-15-16-24-67(66)55-80(77)83(74-51-52-76-75-31-17-18-32-78(75)81(79(76)56-74,68-25-7-2-8-26-68)69-27-9-3-10-28-69)72-48-43-63(44-49-72)61-39-35-59(36-40-61)58-33-37-60(38-34-58)62-41-46-71(47-42-62)82(70-29-11-4-12-30-70)73-50-45-57-19-13-14-22-65(57)53-73/h1-2,4-9,11-56H,3,10H2. The van der Waals surface area contributed by atoms with Gasteiger partial charge in [-0.1, -0.05) is 255 Å². The Morgan fingerprint density at radius 3 is 1.31 bits per heavy atom. The molecule has 2 aliphatic carbocycles. The molecular weight excluding hydrogens is 1000 g/mol. The van der Waals surface area contributed by atoms with Gasteiger partial charge in [0.2, 0.25) is 0 Å². The van der Waals surface area contributed by atoms with Crippen molar-refractivity contribution in [1.29, 1.82) is 0 Å². The van der Waals surface area contributed by atoms with E-state index in [1.165, 1.54) is 93.9 Å². The number of hydrogen-bond donors (Lipinski definition) is 0. The second-order valence-electron chi connectivity index (χ2n) is 21.9. The van der Waals surface area contributed by atoms with Gasteiger partial charge < -0.3 is 9.80 Å². The summed E-state index contributed by atoms with van der Waals surface area (Å²) in [4.78, 5) is 4.83. The van der Waals surface area contributed by atoms with Crippen molar-refractivity contribution in [2.45, 2.75) is 18.3 Å². The van der Waals surface area contributed by atoms with E-state index in [-0.39, 0.29) is 0 Å². The molecule has 0 bridgehead atoms. The zero-order chi connectivity index (χ0) is 55.1. The maximum absolute atomic E-state index is 2.50. The molecular formula is C81H58N2. The molecule has 0 spiro atoms. The van der Waals surface area contributed by atoms with Crippen molar-refractivity contribution in [3.8, 4) is 55.6 Å². The Balaban J connectivity index is 0.765. The highest BCUT2D eigenvalue weighted by molar-refractivity contribution is 6.00. The number of allylic oxidation sites excluding steroid dienone is 4. The lowest BCUT2D eigenvalue weighted by atomic mass is 9.66. The van der Waals surface area contributed by atoms with Crippen molar-refractivity contribution in [3.63, 3.8) is 0 Å². The lowest BCUT2D eigenvalue weighted by Crippen LogP contribution is -2.29. The van der Waals surface area contributed by atoms with Gasteiger partial charge in [0.05, 0.1) is 11.1 Å². The molecule has 0 aliphatic heterocycles. The minimum Gasteiger partial charge on any atom is -0.310 e. The van der Waals surface area contributed by atoms with E-state index in [0.29, 0.717) is 0 Å². The molecule has 2 aliphatic rings. The molecule has 13 aromatic carbocycles. The van der Waals surface area contributed by atoms with Crippen molar-refractivity contribution in [1.82, 2.24) is 0 Å². The molecule has 0 fully saturated rings. The summed E-state index contributed by atoms with van der Waals surface area (Å²) < 4.78 is 0. The van der Waals surface area contributed by atoms with Gasteiger partial charge in [0.1, 0.15) is 0 Å². The van der Waals surface area contributed by atoms with Gasteiger partial charge in [0.15, 0.2) is 0 Å². The third-order valence-corrected chi connectivity index (χ3v) is 17.1. The summed E-state index contributed by atoms with van der Waals surface area (Å²) in [7, 11) is 0. The van der Waals surface area contributed by atoms with Crippen LogP contribution < -0.4 is 9.80 Å². The van der Waals surface area contributed by atoms with Gasteiger partial charge in [-0.05, 0) is 180 Å². The first-order chi connectivity index (χ1) is 41.1. The van der Waals surface area contributed by atoms with Crippen molar-refractivity contribution in [2.75, 3.05) is 9.80 Å². The average Bonchev–Trinajstić information content (AvgIpc) is 3.84. The Bertz CT molecular complexity index is 4560. The monoisotopic (exact) mass is 1060 g/mol. The van der Waals surface area contributed by atoms with Crippen LogP contribution in [-0.4, -0.2) is 0 Å². The molecule has 2 nitrogen and oxygen atoms in total. The number of nitrogens with zero attached hydrogens (tertiary/aromatic N) is 2. The Kier molecular flexibility index (Phi) is 12.6. The molecule has 83 heavy (non-hydrogen) atoms. The number of anilines is 6. The molecule has 0 saturated heterocycles. The van der Waals surface area contributed by atoms with Gasteiger partial charge in [0, 0.05) is 34.0 Å². The van der Waals surface area contributed by atoms with Crippen LogP contribution in [0.3, 0.4) is 0 Å². The number of fused-ring (bicyclic) bond motifs is 5. The first kappa shape index (κ1) is 49.5. The summed E-state index contributed by atoms with van der Waals surface area (Å²) in [5, 5.41) is 4.86. The Morgan fingerprint density at radius 2 is 0.711 bits per heavy atom. The third kappa shape index (κ3) is 8.93. The second-order valence-corrected chi connectivity index (χ2v) is 21.9. The summed E-state index contributed by atoms with van der Waals surface area (Å²) >= 11 is 0. The van der Waals surface area contributed by atoms with Crippen LogP contribution in [0.15, 0.2) is 333 Å². The van der Waals surface area contributed by atoms with Gasteiger partial charge in [-0.15, -0.1) is 0 Å². The highest BCUT2D eigenvalue weighted by Crippen LogP contribution is 2.58. The molecule has 0 aromatic heterocycles. The van der Waals surface area contributed by atoms with Crippen LogP contribution in [0.4, 0.5) is 34.1 Å². The predicted molar refractivity (Wildman–Crippen MR) is 351 cm³/mol. The fraction of sp³-hybridized carbons (Fsp3) is 0.0370. The van der Waals surface area contributed by atoms with E-state index < -0.39 is 5.41 Å². The Labute approximate surface area is 486 Å². The lowest BCUT2D eigenvalue weighted by Gasteiger charge is -2.36. The first-order valence-electron chi connectivity index (χ1n) is 28.9. The van der Waals surface area contributed by atoms with Gasteiger partial charge in [-0.2, -0.15) is 0 Å². The van der Waals surface area contributed by atoms with E-state index in [1.807, 2.05) is 0 Å². The summed E-state index contributed by atoms with van der Waals surface area (Å²) in [5.41, 5.74) is 23.4. The van der Waals surface area contributed by atoms with Crippen LogP contribution in [0.2, 0.25) is 0 Å². The van der Waals surface area contributed by atoms with E-state index in [0.717, 1.165) is 52.5 Å². The van der Waals surface area contributed by atoms with E-state index in [4.69, 9.17) is 0 Å². The van der Waals surface area contributed by atoms with Crippen molar-refractivity contribution < 1.29 is 0 Å². The number of benzene rings is 13. The molecule has 0 amide bonds. The predicted octanol–water partition coefficient (Wildman–Crippen LogP) is 22.2. The van der Waals surface area contributed by atoms with Crippen molar-refractivity contribution >= 4 is 55.7 Å². The fourth-order valence-corrected chi connectivity index (χ4v) is 13.1. The minimum atomic E-state index is -0.493. The quantitative estimate of drug-likeness (QED) is 0.120. The van der Waals surface area contributed by atoms with Crippen LogP contribution in [-0.2, 0) is 5.41 Å². The Hall–Kier alpha value is -10.5. The summed E-state index contributed by atoms with van der Waals surface area (Å²) in [5.74, 6) is 0. The highest BCUT2D eigenvalue weighted by Gasteiger charge is 2.47. The minimum absolute atomic E-state index is 0.493. The van der Waals surface area contributed by atoms with Crippen LogP contribution in [0, 0.1) is 0 Å². The topological polar surface area (TPSA) is 6.48 Å². The molecule has 13 aromatic rings. The molecule has 1 atom stereocenters. The van der Waals surface area contributed by atoms with Crippen LogP contribution in [0.5, 0.6) is 0 Å². The maximum Gasteiger partial charge on any atom is 0.0711 e. The highest BCUT2D eigenvalue weighted by atomic mass is 15.1. The van der Waals surface area contributed by atoms with Crippen LogP contribution in [0.1, 0.15) is 29.5 Å². The normalized spacial score (nSPS) is 14.2. The van der Waals surface area contributed by atoms with Gasteiger partial charge >= 0.3 is 0 Å². The van der Waals surface area contributed by atoms with E-state index in [2.05, 4.69) is 337 Å². The van der Waals surface area contributed by atoms with Gasteiger partial charge in [-0.3, -0.25) is 0 Å². The van der Waals surface area contributed by atoms with Gasteiger partial charge in [-0.25, -0.2) is 0 Å². The summed E-state index contributed by atoms with van der Waals surface area (Å²) in [6.07, 6.45) is 9.30. The second kappa shape index (κ2) is 21.2. The average molecular weight is 1060 g/mol. The fourth-order valence-electron chi connectivity index (χ4n) is 13.1. The SMILES string of the molecule is C1=CC(C2(c3ccccc3)c3ccccc3-c3ccc(N(c4ccc(-c5ccc(-c6ccc(-c7ccc(N(c8ccccc8)c8ccc9ccccc9c8)cc7)cc6)cc5)cc4)c4cc5ccccc5cc4-c4ccccc4)cc32)=CCC1. The number of hydrogen-bond acceptors (Lipinski definition) is 2. The molecule has 1 unspecified atom stereocenters. The molecule has 0 saturated carbocycles. The Morgan fingerprint density at radius 1 is 0.265 bits per heavy atom. The number of para-hydroxylation sites is 1. The lowest BCUT2D eigenvalue weighted by molar-refractivity contribution is 0.751. The molecule has 392 valence electrons. The molecule has 0 radical (unpaired) electrons. The van der Waals surface area contributed by atoms with Crippen LogP contribution >= 0.6 is 0 Å². The van der Waals surface area contributed by atoms with Crippen molar-refractivity contribution in [3.05, 3.63) is 350 Å². The third-order valence-electron chi connectivity index (χ3n) is 17.1.